The van der Waals surface area contributed by atoms with Crippen LogP contribution < -0.4 is 60.2 Å². The number of aliphatic imine (C=N–C) groups is 1. The van der Waals surface area contributed by atoms with Crippen LogP contribution in [0.2, 0.25) is 0 Å². The topological polar surface area (TPSA) is 361 Å². The Morgan fingerprint density at radius 2 is 1.43 bits per heavy atom. The van der Waals surface area contributed by atoms with E-state index in [1.807, 2.05) is 13.8 Å². The number of rotatable bonds is 38. The van der Waals surface area contributed by atoms with E-state index in [2.05, 4.69) is 61.3 Å². The molecule has 1 saturated heterocycles. The van der Waals surface area contributed by atoms with Crippen molar-refractivity contribution in [1.29, 1.82) is 0 Å². The van der Waals surface area contributed by atoms with Gasteiger partial charge >= 0.3 is 0 Å². The maximum Gasteiger partial charge on any atom is 0.245 e. The molecule has 0 aromatic heterocycles. The third-order valence-corrected chi connectivity index (χ3v) is 11.3. The number of primary amides is 1. The van der Waals surface area contributed by atoms with Gasteiger partial charge in [0, 0.05) is 25.6 Å². The van der Waals surface area contributed by atoms with Gasteiger partial charge in [-0.25, -0.2) is 0 Å². The minimum absolute atomic E-state index is 0.00334. The van der Waals surface area contributed by atoms with Crippen molar-refractivity contribution in [2.45, 2.75) is 192 Å². The molecule has 67 heavy (non-hydrogen) atoms. The number of aliphatic hydroxyl groups excluding tert-OH is 2. The molecule has 7 atom stereocenters. The number of carbonyl (C=O) groups excluding carboxylic acids is 7. The number of nitrogens with two attached hydrogens (primary N) is 4. The molecule has 21 nitrogen and oxygen atoms in total. The Balaban J connectivity index is 3.24. The molecule has 0 aliphatic carbocycles. The number of nitrogens with one attached hydrogen (secondary N) is 7. The Morgan fingerprint density at radius 3 is 2.03 bits per heavy atom. The maximum atomic E-state index is 14.1. The molecule has 384 valence electrons. The number of nitrogens with zero attached hydrogens (tertiary/aromatic N) is 1. The molecule has 0 bridgehead atoms. The summed E-state index contributed by atoms with van der Waals surface area (Å²) in [7, 11) is 0. The molecule has 0 spiro atoms. The summed E-state index contributed by atoms with van der Waals surface area (Å²) in [6.07, 6.45) is 14.7. The lowest BCUT2D eigenvalue weighted by molar-refractivity contribution is -0.137. The summed E-state index contributed by atoms with van der Waals surface area (Å²) in [6, 6.07) is -6.84. The van der Waals surface area contributed by atoms with Gasteiger partial charge in [-0.2, -0.15) is 0 Å². The maximum absolute atomic E-state index is 14.1. The van der Waals surface area contributed by atoms with E-state index in [0.29, 0.717) is 51.7 Å². The van der Waals surface area contributed by atoms with Crippen molar-refractivity contribution in [1.82, 2.24) is 37.2 Å². The second-order valence-corrected chi connectivity index (χ2v) is 17.9. The summed E-state index contributed by atoms with van der Waals surface area (Å²) in [5, 5.41) is 40.8. The summed E-state index contributed by atoms with van der Waals surface area (Å²) in [5.74, 6) is -4.99. The molecule has 7 amide bonds. The van der Waals surface area contributed by atoms with Gasteiger partial charge in [0.05, 0.1) is 25.2 Å². The van der Waals surface area contributed by atoms with Gasteiger partial charge in [-0.05, 0) is 109 Å². The number of carbonyl (C=O) groups is 7. The van der Waals surface area contributed by atoms with Crippen LogP contribution in [0.3, 0.4) is 0 Å². The minimum Gasteiger partial charge on any atom is -0.394 e. The normalized spacial score (nSPS) is 16.3. The Hall–Kier alpha value is -4.86. The highest BCUT2D eigenvalue weighted by molar-refractivity contribution is 5.95. The highest BCUT2D eigenvalue weighted by atomic mass is 16.3. The summed E-state index contributed by atoms with van der Waals surface area (Å²) in [6.45, 7) is 6.63. The van der Waals surface area contributed by atoms with E-state index in [1.54, 1.807) is 0 Å². The fraction of sp³-hybridized carbons (Fsp3) is 0.783. The van der Waals surface area contributed by atoms with Crippen LogP contribution >= 0.6 is 0 Å². The predicted molar refractivity (Wildman–Crippen MR) is 258 cm³/mol. The summed E-state index contributed by atoms with van der Waals surface area (Å²) in [4.78, 5) is 96.7. The summed E-state index contributed by atoms with van der Waals surface area (Å²) < 4.78 is 0. The number of amides is 7. The smallest absolute Gasteiger partial charge is 0.245 e. The fourth-order valence-corrected chi connectivity index (χ4v) is 7.53. The van der Waals surface area contributed by atoms with Crippen molar-refractivity contribution < 1.29 is 43.8 Å². The number of allylic oxidation sites excluding steroid dienone is 2. The molecule has 1 aliphatic heterocycles. The number of hydrogen-bond donors (Lipinski definition) is 13. The van der Waals surface area contributed by atoms with E-state index in [9.17, 15) is 43.8 Å². The number of unbranched alkanes of at least 4 members (excludes halogenated alkanes) is 8. The van der Waals surface area contributed by atoms with E-state index < -0.39 is 96.7 Å². The van der Waals surface area contributed by atoms with Gasteiger partial charge in [0.25, 0.3) is 0 Å². The quantitative estimate of drug-likeness (QED) is 0.0162. The molecule has 0 radical (unpaired) electrons. The van der Waals surface area contributed by atoms with Crippen molar-refractivity contribution in [3.8, 4) is 0 Å². The van der Waals surface area contributed by atoms with Crippen molar-refractivity contribution in [3.05, 3.63) is 12.2 Å². The standard InChI is InChI=1S/C46H86N12O9/c1-4-5-6-7-8-9-10-11-12-13-14-21-39(62)55-35(29-38(48)61)43(65)54-32(19-17-27-53-46(49)50)22-23-37(60)40(58-44(66)36(30-59)57-42(64)33-20-18-26-51-33)45(67)56-34(28-31(2)3)41(63)52-25-16-15-24-47/h9-10,31-37,40,51,59-60H,4-8,11-30,47H2,1-3H3,(H2,48,61)(H,52,63)(H,54,65)(H,55,62)(H,56,67)(H,57,64)(H,58,66)(H4,49,50,53)/b10-9-. The Labute approximate surface area is 397 Å². The lowest BCUT2D eigenvalue weighted by Gasteiger charge is -2.29. The van der Waals surface area contributed by atoms with Crippen LogP contribution in [0.1, 0.15) is 149 Å². The second-order valence-electron chi connectivity index (χ2n) is 17.9. The molecule has 0 aromatic rings. The van der Waals surface area contributed by atoms with Gasteiger partial charge in [-0.1, -0.05) is 58.6 Å². The third kappa shape index (κ3) is 28.2. The minimum atomic E-state index is -1.70. The first-order chi connectivity index (χ1) is 32.0. The average Bonchev–Trinajstić information content (AvgIpc) is 3.83. The molecule has 7 unspecified atom stereocenters. The first-order valence-corrected chi connectivity index (χ1v) is 24.5. The highest BCUT2D eigenvalue weighted by Gasteiger charge is 2.36. The van der Waals surface area contributed by atoms with Crippen molar-refractivity contribution in [2.24, 2.45) is 33.8 Å². The van der Waals surface area contributed by atoms with Gasteiger partial charge in [-0.15, -0.1) is 0 Å². The molecule has 1 fully saturated rings. The van der Waals surface area contributed by atoms with E-state index >= 15 is 0 Å². The van der Waals surface area contributed by atoms with Gasteiger partial charge in [-0.3, -0.25) is 38.6 Å². The monoisotopic (exact) mass is 951 g/mol. The molecule has 21 heteroatoms. The van der Waals surface area contributed by atoms with Crippen LogP contribution in [-0.4, -0.2) is 133 Å². The van der Waals surface area contributed by atoms with Crippen LogP contribution in [0, 0.1) is 5.92 Å². The first-order valence-electron chi connectivity index (χ1n) is 24.5. The number of guanidine groups is 1. The highest BCUT2D eigenvalue weighted by Crippen LogP contribution is 2.14. The van der Waals surface area contributed by atoms with Crippen LogP contribution in [0.15, 0.2) is 17.1 Å². The van der Waals surface area contributed by atoms with Gasteiger partial charge in [0.15, 0.2) is 5.96 Å². The lowest BCUT2D eigenvalue weighted by atomic mass is 9.97. The van der Waals surface area contributed by atoms with Gasteiger partial charge in [0.1, 0.15) is 24.2 Å². The van der Waals surface area contributed by atoms with Crippen molar-refractivity contribution in [3.63, 3.8) is 0 Å². The second kappa shape index (κ2) is 36.2. The third-order valence-electron chi connectivity index (χ3n) is 11.3. The molecule has 0 saturated carbocycles. The number of aliphatic hydroxyl groups is 2. The van der Waals surface area contributed by atoms with Crippen LogP contribution in [0.25, 0.3) is 0 Å². The zero-order valence-electron chi connectivity index (χ0n) is 40.5. The van der Waals surface area contributed by atoms with Gasteiger partial charge < -0.3 is 70.4 Å². The fourth-order valence-electron chi connectivity index (χ4n) is 7.53. The molecule has 1 aliphatic rings. The van der Waals surface area contributed by atoms with E-state index in [0.717, 1.165) is 32.1 Å². The molecular formula is C46H86N12O9. The Morgan fingerprint density at radius 1 is 0.746 bits per heavy atom. The van der Waals surface area contributed by atoms with Crippen LogP contribution in [0.4, 0.5) is 0 Å². The SMILES string of the molecule is CCCCCC/C=C\CCCCCC(=O)NC(CC(N)=O)C(=O)NC(CCCN=C(N)N)CCC(O)C(NC(=O)C(CO)NC(=O)C1CCCN1)C(=O)NC(CC(C)C)C(=O)NCCCCN. The van der Waals surface area contributed by atoms with E-state index in [4.69, 9.17) is 22.9 Å². The van der Waals surface area contributed by atoms with Gasteiger partial charge in [0.2, 0.25) is 41.4 Å². The van der Waals surface area contributed by atoms with Crippen LogP contribution in [0.5, 0.6) is 0 Å². The first kappa shape index (κ1) is 60.2. The molecule has 1 heterocycles. The Bertz CT molecular complexity index is 1540. The largest absolute Gasteiger partial charge is 0.394 e. The predicted octanol–water partition coefficient (Wildman–Crippen LogP) is -0.397. The van der Waals surface area contributed by atoms with E-state index in [1.165, 1.54) is 25.7 Å². The molecule has 1 rings (SSSR count). The van der Waals surface area contributed by atoms with Crippen molar-refractivity contribution in [2.75, 3.05) is 32.8 Å². The number of hydrogen-bond acceptors (Lipinski definition) is 12. The molecule has 17 N–H and O–H groups in total. The lowest BCUT2D eigenvalue weighted by Crippen LogP contribution is -2.61. The average molecular weight is 951 g/mol. The zero-order chi connectivity index (χ0) is 50.0. The van der Waals surface area contributed by atoms with Crippen molar-refractivity contribution >= 4 is 47.3 Å². The summed E-state index contributed by atoms with van der Waals surface area (Å²) >= 11 is 0. The zero-order valence-corrected chi connectivity index (χ0v) is 40.5. The molecule has 0 aromatic carbocycles. The Kier molecular flexibility index (Phi) is 32.5. The van der Waals surface area contributed by atoms with E-state index in [-0.39, 0.29) is 50.5 Å². The van der Waals surface area contributed by atoms with Crippen LogP contribution in [-0.2, 0) is 33.6 Å². The summed E-state index contributed by atoms with van der Waals surface area (Å²) in [5.41, 5.74) is 22.1. The molecular weight excluding hydrogens is 865 g/mol.